The van der Waals surface area contributed by atoms with Gasteiger partial charge in [-0.1, -0.05) is 0 Å². The number of amides is 1. The number of carbonyl (C=O) groups excluding carboxylic acids is 2. The van der Waals surface area contributed by atoms with Gasteiger partial charge in [0.05, 0.1) is 6.54 Å². The number of benzene rings is 1. The summed E-state index contributed by atoms with van der Waals surface area (Å²) in [6.07, 6.45) is 1.83. The molecule has 2 heterocycles. The number of aryl methyl sites for hydroxylation is 2. The van der Waals surface area contributed by atoms with E-state index in [1.54, 1.807) is 11.7 Å². The highest BCUT2D eigenvalue weighted by Crippen LogP contribution is 2.16. The summed E-state index contributed by atoms with van der Waals surface area (Å²) in [7, 11) is 1.80. The lowest BCUT2D eigenvalue weighted by Gasteiger charge is -2.39. The third-order valence-corrected chi connectivity index (χ3v) is 4.72. The molecule has 0 bridgehead atoms. The van der Waals surface area contributed by atoms with E-state index in [-0.39, 0.29) is 42.5 Å². The molecule has 1 saturated heterocycles. The maximum Gasteiger partial charge on any atom is 0.274 e. The summed E-state index contributed by atoms with van der Waals surface area (Å²) >= 11 is 0. The Morgan fingerprint density at radius 3 is 2.44 bits per heavy atom. The fourth-order valence-corrected chi connectivity index (χ4v) is 3.36. The summed E-state index contributed by atoms with van der Waals surface area (Å²) in [4.78, 5) is 29.0. The van der Waals surface area contributed by atoms with E-state index in [9.17, 15) is 14.0 Å². The maximum absolute atomic E-state index is 13.0. The topological polar surface area (TPSA) is 58.4 Å². The Morgan fingerprint density at radius 2 is 1.89 bits per heavy atom. The molecule has 27 heavy (non-hydrogen) atoms. The Bertz CT molecular complexity index is 822. The van der Waals surface area contributed by atoms with Crippen molar-refractivity contribution < 1.29 is 14.0 Å². The third-order valence-electron chi connectivity index (χ3n) is 4.72. The van der Waals surface area contributed by atoms with Gasteiger partial charge in [0.2, 0.25) is 0 Å². The number of nitrogens with zero attached hydrogens (tertiary/aromatic N) is 4. The highest BCUT2D eigenvalue weighted by Gasteiger charge is 2.30. The monoisotopic (exact) mass is 394 g/mol. The molecule has 0 unspecified atom stereocenters. The van der Waals surface area contributed by atoms with Gasteiger partial charge in [-0.25, -0.2) is 4.39 Å². The first-order valence-electron chi connectivity index (χ1n) is 8.67. The van der Waals surface area contributed by atoms with Crippen LogP contribution in [-0.2, 0) is 7.05 Å². The van der Waals surface area contributed by atoms with Crippen molar-refractivity contribution in [3.05, 3.63) is 53.1 Å². The lowest BCUT2D eigenvalue weighted by Crippen LogP contribution is -2.55. The Kier molecular flexibility index (Phi) is 6.73. The predicted molar refractivity (Wildman–Crippen MR) is 103 cm³/mol. The molecule has 6 nitrogen and oxygen atoms in total. The molecule has 3 rings (SSSR count). The highest BCUT2D eigenvalue weighted by atomic mass is 35.5. The summed E-state index contributed by atoms with van der Waals surface area (Å²) in [5, 5.41) is 4.26. The molecule has 1 aromatic heterocycles. The van der Waals surface area contributed by atoms with Gasteiger partial charge in [-0.05, 0) is 38.1 Å². The van der Waals surface area contributed by atoms with Crippen molar-refractivity contribution in [2.45, 2.75) is 19.9 Å². The molecular weight excluding hydrogens is 371 g/mol. The Labute approximate surface area is 164 Å². The molecule has 2 aromatic rings. The minimum atomic E-state index is -0.355. The number of carbonyl (C=O) groups is 2. The molecule has 0 radical (unpaired) electrons. The Morgan fingerprint density at radius 1 is 1.22 bits per heavy atom. The van der Waals surface area contributed by atoms with E-state index in [0.29, 0.717) is 30.9 Å². The lowest BCUT2D eigenvalue weighted by molar-refractivity contribution is 0.0476. The number of aromatic nitrogens is 2. The maximum atomic E-state index is 13.0. The first-order valence-corrected chi connectivity index (χ1v) is 8.67. The first kappa shape index (κ1) is 21.1. The quantitative estimate of drug-likeness (QED) is 0.747. The van der Waals surface area contributed by atoms with Crippen LogP contribution in [0.15, 0.2) is 30.5 Å². The highest BCUT2D eigenvalue weighted by molar-refractivity contribution is 5.97. The lowest BCUT2D eigenvalue weighted by atomic mass is 10.1. The molecule has 0 aliphatic carbocycles. The van der Waals surface area contributed by atoms with Gasteiger partial charge in [-0.15, -0.1) is 12.4 Å². The van der Waals surface area contributed by atoms with Crippen LogP contribution in [0, 0.1) is 12.7 Å². The summed E-state index contributed by atoms with van der Waals surface area (Å²) in [5.74, 6) is -0.468. The van der Waals surface area contributed by atoms with E-state index in [2.05, 4.69) is 5.10 Å². The molecule has 0 saturated carbocycles. The van der Waals surface area contributed by atoms with Gasteiger partial charge in [-0.3, -0.25) is 19.2 Å². The van der Waals surface area contributed by atoms with Gasteiger partial charge in [0.1, 0.15) is 5.82 Å². The summed E-state index contributed by atoms with van der Waals surface area (Å²) in [6.45, 7) is 5.90. The smallest absolute Gasteiger partial charge is 0.274 e. The van der Waals surface area contributed by atoms with E-state index >= 15 is 0 Å². The zero-order valence-electron chi connectivity index (χ0n) is 15.7. The second-order valence-electron chi connectivity index (χ2n) is 6.85. The number of hydrogen-bond acceptors (Lipinski definition) is 4. The van der Waals surface area contributed by atoms with Crippen molar-refractivity contribution in [1.29, 1.82) is 0 Å². The number of hydrogen-bond donors (Lipinski definition) is 0. The normalized spacial score (nSPS) is 17.5. The molecule has 1 amide bonds. The van der Waals surface area contributed by atoms with E-state index in [4.69, 9.17) is 0 Å². The van der Waals surface area contributed by atoms with E-state index in [1.807, 2.05) is 29.8 Å². The van der Waals surface area contributed by atoms with Crippen LogP contribution in [0.25, 0.3) is 0 Å². The summed E-state index contributed by atoms with van der Waals surface area (Å²) in [5.41, 5.74) is 1.84. The van der Waals surface area contributed by atoms with Crippen LogP contribution in [0.5, 0.6) is 0 Å². The molecule has 0 spiro atoms. The minimum absolute atomic E-state index is 0. The molecule has 1 fully saturated rings. The molecule has 1 atom stereocenters. The molecule has 0 N–H and O–H groups in total. The minimum Gasteiger partial charge on any atom is -0.332 e. The second kappa shape index (κ2) is 8.63. The Hall–Kier alpha value is -2.25. The number of halogens is 2. The van der Waals surface area contributed by atoms with Gasteiger partial charge in [0, 0.05) is 50.0 Å². The van der Waals surface area contributed by atoms with Crippen molar-refractivity contribution >= 4 is 24.1 Å². The molecular formula is C19H24ClFN4O2. The molecule has 8 heteroatoms. The average Bonchev–Trinajstić information content (AvgIpc) is 2.93. The third kappa shape index (κ3) is 4.73. The number of ketones is 1. The van der Waals surface area contributed by atoms with Crippen LogP contribution < -0.4 is 0 Å². The fourth-order valence-electron chi connectivity index (χ4n) is 3.36. The zero-order valence-corrected chi connectivity index (χ0v) is 16.5. The van der Waals surface area contributed by atoms with Gasteiger partial charge >= 0.3 is 0 Å². The standard InChI is InChI=1S/C19H23FN4O2.ClH/c1-13-10-22(3)21-18(13)19(26)24-9-8-23(11-14(24)2)12-17(25)15-4-6-16(20)7-5-15;/h4-7,10,14H,8-9,11-12H2,1-3H3;1H/t14-;/m1./s1. The van der Waals surface area contributed by atoms with Crippen LogP contribution in [0.1, 0.15) is 33.3 Å². The van der Waals surface area contributed by atoms with Crippen LogP contribution in [0.4, 0.5) is 4.39 Å². The van der Waals surface area contributed by atoms with Crippen LogP contribution in [0.2, 0.25) is 0 Å². The van der Waals surface area contributed by atoms with Crippen LogP contribution >= 0.6 is 12.4 Å². The van der Waals surface area contributed by atoms with Crippen LogP contribution in [-0.4, -0.2) is 63.5 Å². The summed E-state index contributed by atoms with van der Waals surface area (Å²) < 4.78 is 14.6. The second-order valence-corrected chi connectivity index (χ2v) is 6.85. The van der Waals surface area contributed by atoms with Gasteiger partial charge in [-0.2, -0.15) is 5.10 Å². The Balaban J connectivity index is 0.00000261. The largest absolute Gasteiger partial charge is 0.332 e. The van der Waals surface area contributed by atoms with Gasteiger partial charge < -0.3 is 4.90 Å². The fraction of sp³-hybridized carbons (Fsp3) is 0.421. The first-order chi connectivity index (χ1) is 12.3. The predicted octanol–water partition coefficient (Wildman–Crippen LogP) is 2.32. The number of rotatable bonds is 4. The van der Waals surface area contributed by atoms with Crippen molar-refractivity contribution in [3.8, 4) is 0 Å². The van der Waals surface area contributed by atoms with Gasteiger partial charge in [0.25, 0.3) is 5.91 Å². The van der Waals surface area contributed by atoms with Crippen molar-refractivity contribution in [1.82, 2.24) is 19.6 Å². The number of piperazine rings is 1. The molecule has 1 aromatic carbocycles. The molecule has 1 aliphatic heterocycles. The zero-order chi connectivity index (χ0) is 18.8. The van der Waals surface area contributed by atoms with E-state index in [1.165, 1.54) is 24.3 Å². The molecule has 146 valence electrons. The summed E-state index contributed by atoms with van der Waals surface area (Å²) in [6, 6.07) is 5.58. The SMILES string of the molecule is Cc1cn(C)nc1C(=O)N1CCN(CC(=O)c2ccc(F)cc2)C[C@H]1C.Cl. The van der Waals surface area contributed by atoms with E-state index in [0.717, 1.165) is 5.56 Å². The molecule has 1 aliphatic rings. The average molecular weight is 395 g/mol. The van der Waals surface area contributed by atoms with Crippen molar-refractivity contribution in [2.75, 3.05) is 26.2 Å². The van der Waals surface area contributed by atoms with Crippen molar-refractivity contribution in [3.63, 3.8) is 0 Å². The number of Topliss-reactive ketones (excluding diaryl/α,β-unsaturated/α-hetero) is 1. The van der Waals surface area contributed by atoms with Crippen molar-refractivity contribution in [2.24, 2.45) is 7.05 Å². The van der Waals surface area contributed by atoms with Gasteiger partial charge in [0.15, 0.2) is 11.5 Å². The van der Waals surface area contributed by atoms with Crippen LogP contribution in [0.3, 0.4) is 0 Å². The van der Waals surface area contributed by atoms with E-state index < -0.39 is 0 Å².